The Balaban J connectivity index is 2.81. The van der Waals surface area contributed by atoms with Gasteiger partial charge in [-0.2, -0.15) is 0 Å². The SMILES string of the molecule is Cc1cc2cc(O)ccc2nc1Cl. The van der Waals surface area contributed by atoms with E-state index in [0.29, 0.717) is 5.15 Å². The Morgan fingerprint density at radius 1 is 1.31 bits per heavy atom. The minimum absolute atomic E-state index is 0.246. The van der Waals surface area contributed by atoms with Crippen molar-refractivity contribution in [1.29, 1.82) is 0 Å². The van der Waals surface area contributed by atoms with Crippen LogP contribution in [0.5, 0.6) is 5.75 Å². The first-order valence-electron chi connectivity index (χ1n) is 3.93. The maximum Gasteiger partial charge on any atom is 0.132 e. The number of hydrogen-bond donors (Lipinski definition) is 1. The minimum atomic E-state index is 0.246. The highest BCUT2D eigenvalue weighted by Gasteiger charge is 2.00. The molecule has 0 amide bonds. The number of rotatable bonds is 0. The van der Waals surface area contributed by atoms with Crippen LogP contribution in [-0.2, 0) is 0 Å². The zero-order valence-corrected chi connectivity index (χ0v) is 7.84. The van der Waals surface area contributed by atoms with E-state index >= 15 is 0 Å². The lowest BCUT2D eigenvalue weighted by Gasteiger charge is -2.01. The molecule has 2 nitrogen and oxygen atoms in total. The first kappa shape index (κ1) is 8.32. The van der Waals surface area contributed by atoms with Gasteiger partial charge in [0.25, 0.3) is 0 Å². The molecule has 1 N–H and O–H groups in total. The molecule has 1 aromatic carbocycles. The number of aryl methyl sites for hydroxylation is 1. The number of aromatic hydroxyl groups is 1. The van der Waals surface area contributed by atoms with Crippen molar-refractivity contribution in [2.75, 3.05) is 0 Å². The van der Waals surface area contributed by atoms with Crippen LogP contribution in [0.2, 0.25) is 5.15 Å². The van der Waals surface area contributed by atoms with Gasteiger partial charge in [-0.25, -0.2) is 4.98 Å². The highest BCUT2D eigenvalue weighted by molar-refractivity contribution is 6.30. The summed E-state index contributed by atoms with van der Waals surface area (Å²) in [6, 6.07) is 6.92. The summed E-state index contributed by atoms with van der Waals surface area (Å²) in [5.41, 5.74) is 1.72. The molecule has 0 saturated carbocycles. The number of halogens is 1. The average Bonchev–Trinajstić information content (AvgIpc) is 2.08. The van der Waals surface area contributed by atoms with Crippen LogP contribution < -0.4 is 0 Å². The van der Waals surface area contributed by atoms with E-state index in [1.807, 2.05) is 13.0 Å². The second-order valence-electron chi connectivity index (χ2n) is 2.97. The summed E-state index contributed by atoms with van der Waals surface area (Å²) in [5, 5.41) is 10.6. The lowest BCUT2D eigenvalue weighted by molar-refractivity contribution is 0.476. The molecule has 0 aliphatic rings. The molecule has 2 rings (SSSR count). The van der Waals surface area contributed by atoms with E-state index in [0.717, 1.165) is 16.5 Å². The van der Waals surface area contributed by atoms with Gasteiger partial charge in [0.05, 0.1) is 5.52 Å². The molecule has 0 saturated heterocycles. The fraction of sp³-hybridized carbons (Fsp3) is 0.100. The number of benzene rings is 1. The van der Waals surface area contributed by atoms with Gasteiger partial charge in [-0.05, 0) is 36.8 Å². The van der Waals surface area contributed by atoms with Crippen LogP contribution in [-0.4, -0.2) is 10.1 Å². The van der Waals surface area contributed by atoms with Gasteiger partial charge < -0.3 is 5.11 Å². The Kier molecular flexibility index (Phi) is 1.85. The predicted molar refractivity (Wildman–Crippen MR) is 53.2 cm³/mol. The van der Waals surface area contributed by atoms with Gasteiger partial charge in [-0.1, -0.05) is 11.6 Å². The van der Waals surface area contributed by atoms with Crippen molar-refractivity contribution in [3.63, 3.8) is 0 Å². The van der Waals surface area contributed by atoms with Crippen LogP contribution >= 0.6 is 11.6 Å². The molecule has 0 atom stereocenters. The summed E-state index contributed by atoms with van der Waals surface area (Å²) in [7, 11) is 0. The van der Waals surface area contributed by atoms with E-state index in [4.69, 9.17) is 11.6 Å². The molecule has 0 aliphatic carbocycles. The van der Waals surface area contributed by atoms with E-state index in [-0.39, 0.29) is 5.75 Å². The number of fused-ring (bicyclic) bond motifs is 1. The maximum atomic E-state index is 9.23. The number of phenolic OH excluding ortho intramolecular Hbond substituents is 1. The molecule has 0 bridgehead atoms. The van der Waals surface area contributed by atoms with Crippen molar-refractivity contribution in [1.82, 2.24) is 4.98 Å². The molecule has 0 unspecified atom stereocenters. The van der Waals surface area contributed by atoms with Gasteiger partial charge in [-0.3, -0.25) is 0 Å². The highest BCUT2D eigenvalue weighted by atomic mass is 35.5. The molecular formula is C10H8ClNO. The molecule has 1 heterocycles. The van der Waals surface area contributed by atoms with Gasteiger partial charge in [-0.15, -0.1) is 0 Å². The third-order valence-corrected chi connectivity index (χ3v) is 2.31. The summed E-state index contributed by atoms with van der Waals surface area (Å²) in [6.07, 6.45) is 0. The second-order valence-corrected chi connectivity index (χ2v) is 3.33. The Bertz CT molecular complexity index is 468. The van der Waals surface area contributed by atoms with Gasteiger partial charge in [0.2, 0.25) is 0 Å². The van der Waals surface area contributed by atoms with Crippen molar-refractivity contribution in [2.24, 2.45) is 0 Å². The Morgan fingerprint density at radius 3 is 2.85 bits per heavy atom. The monoisotopic (exact) mass is 193 g/mol. The Hall–Kier alpha value is -1.28. The largest absolute Gasteiger partial charge is 0.508 e. The smallest absolute Gasteiger partial charge is 0.132 e. The molecule has 1 aromatic heterocycles. The third kappa shape index (κ3) is 1.45. The number of hydrogen-bond acceptors (Lipinski definition) is 2. The van der Waals surface area contributed by atoms with Crippen LogP contribution in [0.1, 0.15) is 5.56 Å². The average molecular weight is 194 g/mol. The third-order valence-electron chi connectivity index (χ3n) is 1.93. The normalized spacial score (nSPS) is 10.6. The van der Waals surface area contributed by atoms with Crippen molar-refractivity contribution in [2.45, 2.75) is 6.92 Å². The molecule has 0 radical (unpaired) electrons. The summed E-state index contributed by atoms with van der Waals surface area (Å²) >= 11 is 5.85. The Morgan fingerprint density at radius 2 is 2.08 bits per heavy atom. The van der Waals surface area contributed by atoms with E-state index in [9.17, 15) is 5.11 Å². The van der Waals surface area contributed by atoms with Crippen molar-refractivity contribution in [3.8, 4) is 5.75 Å². The van der Waals surface area contributed by atoms with Crippen LogP contribution in [0.15, 0.2) is 24.3 Å². The fourth-order valence-electron chi connectivity index (χ4n) is 1.25. The fourth-order valence-corrected chi connectivity index (χ4v) is 1.39. The summed E-state index contributed by atoms with van der Waals surface area (Å²) in [5.74, 6) is 0.246. The van der Waals surface area contributed by atoms with E-state index < -0.39 is 0 Å². The first-order chi connectivity index (χ1) is 6.16. The summed E-state index contributed by atoms with van der Waals surface area (Å²) in [4.78, 5) is 4.17. The standard InChI is InChI=1S/C10H8ClNO/c1-6-4-7-5-8(13)2-3-9(7)12-10(6)11/h2-5,13H,1H3. The Labute approximate surface area is 80.8 Å². The minimum Gasteiger partial charge on any atom is -0.508 e. The van der Waals surface area contributed by atoms with E-state index in [1.54, 1.807) is 18.2 Å². The summed E-state index contributed by atoms with van der Waals surface area (Å²) < 4.78 is 0. The first-order valence-corrected chi connectivity index (χ1v) is 4.30. The van der Waals surface area contributed by atoms with Crippen LogP contribution in [0, 0.1) is 6.92 Å². The molecule has 13 heavy (non-hydrogen) atoms. The maximum absolute atomic E-state index is 9.23. The number of pyridine rings is 1. The topological polar surface area (TPSA) is 33.1 Å². The van der Waals surface area contributed by atoms with Gasteiger partial charge >= 0.3 is 0 Å². The van der Waals surface area contributed by atoms with Gasteiger partial charge in [0.1, 0.15) is 10.9 Å². The van der Waals surface area contributed by atoms with Crippen molar-refractivity contribution < 1.29 is 5.11 Å². The van der Waals surface area contributed by atoms with E-state index in [1.165, 1.54) is 0 Å². The lowest BCUT2D eigenvalue weighted by Crippen LogP contribution is -1.83. The zero-order valence-electron chi connectivity index (χ0n) is 7.08. The second kappa shape index (κ2) is 2.89. The lowest BCUT2D eigenvalue weighted by atomic mass is 10.2. The number of nitrogens with zero attached hydrogens (tertiary/aromatic N) is 1. The van der Waals surface area contributed by atoms with E-state index in [2.05, 4.69) is 4.98 Å². The van der Waals surface area contributed by atoms with Crippen LogP contribution in [0.3, 0.4) is 0 Å². The van der Waals surface area contributed by atoms with Crippen molar-refractivity contribution in [3.05, 3.63) is 35.0 Å². The van der Waals surface area contributed by atoms with Gasteiger partial charge in [0.15, 0.2) is 0 Å². The molecule has 2 aromatic rings. The molecule has 0 aliphatic heterocycles. The molecular weight excluding hydrogens is 186 g/mol. The highest BCUT2D eigenvalue weighted by Crippen LogP contribution is 2.22. The van der Waals surface area contributed by atoms with Crippen LogP contribution in [0.25, 0.3) is 10.9 Å². The predicted octanol–water partition coefficient (Wildman–Crippen LogP) is 2.90. The molecule has 3 heteroatoms. The molecule has 0 spiro atoms. The zero-order chi connectivity index (χ0) is 9.42. The van der Waals surface area contributed by atoms with Crippen molar-refractivity contribution >= 4 is 22.5 Å². The number of phenols is 1. The van der Waals surface area contributed by atoms with Gasteiger partial charge in [0, 0.05) is 5.39 Å². The summed E-state index contributed by atoms with van der Waals surface area (Å²) in [6.45, 7) is 1.89. The molecule has 66 valence electrons. The molecule has 0 fully saturated rings. The quantitative estimate of drug-likeness (QED) is 0.653. The van der Waals surface area contributed by atoms with Crippen LogP contribution in [0.4, 0.5) is 0 Å². The number of aromatic nitrogens is 1.